The van der Waals surface area contributed by atoms with E-state index >= 15 is 0 Å². The molecule has 0 saturated heterocycles. The van der Waals surface area contributed by atoms with Crippen molar-refractivity contribution in [2.45, 2.75) is 25.1 Å². The molecule has 0 unspecified atom stereocenters. The summed E-state index contributed by atoms with van der Waals surface area (Å²) in [4.78, 5) is 0. The lowest BCUT2D eigenvalue weighted by atomic mass is 9.92. The molecule has 0 aromatic heterocycles. The van der Waals surface area contributed by atoms with E-state index in [0.717, 1.165) is 0 Å². The Labute approximate surface area is 48.5 Å². The van der Waals surface area contributed by atoms with Gasteiger partial charge in [0, 0.05) is 6.04 Å². The topological polar surface area (TPSA) is 26.0 Å². The maximum absolute atomic E-state index is 11.7. The van der Waals surface area contributed by atoms with Crippen molar-refractivity contribution in [2.24, 2.45) is 5.73 Å². The molecule has 44 valence electrons. The minimum absolute atomic E-state index is 0. The molecule has 2 N–H and O–H groups in total. The maximum Gasteiger partial charge on any atom is 0.103 e. The number of hydrogen-bond acceptors (Lipinski definition) is 1. The van der Waals surface area contributed by atoms with E-state index < -0.39 is 6.17 Å². The summed E-state index contributed by atoms with van der Waals surface area (Å²) >= 11 is 0. The van der Waals surface area contributed by atoms with Crippen molar-refractivity contribution in [2.75, 3.05) is 0 Å². The van der Waals surface area contributed by atoms with Crippen LogP contribution < -0.4 is 5.73 Å². The monoisotopic (exact) mass is 125 g/mol. The van der Waals surface area contributed by atoms with Crippen LogP contribution in [0.4, 0.5) is 4.39 Å². The standard InChI is InChI=1S/C4H8FN.ClH/c5-3-1-4(6)2-3;/h3-4H,1-2,6H2;1H/t3-,4+;. The van der Waals surface area contributed by atoms with Gasteiger partial charge in [-0.15, -0.1) is 12.4 Å². The molecule has 3 heteroatoms. The Balaban J connectivity index is 0.000000360. The first-order valence-electron chi connectivity index (χ1n) is 2.18. The van der Waals surface area contributed by atoms with Gasteiger partial charge in [0.05, 0.1) is 0 Å². The van der Waals surface area contributed by atoms with Crippen molar-refractivity contribution < 1.29 is 4.39 Å². The average Bonchev–Trinajstić information content (AvgIpc) is 1.33. The van der Waals surface area contributed by atoms with E-state index in [1.54, 1.807) is 0 Å². The number of alkyl halides is 1. The van der Waals surface area contributed by atoms with Crippen LogP contribution >= 0.6 is 12.4 Å². The van der Waals surface area contributed by atoms with Crippen molar-refractivity contribution >= 4 is 12.4 Å². The van der Waals surface area contributed by atoms with Gasteiger partial charge in [-0.1, -0.05) is 0 Å². The van der Waals surface area contributed by atoms with Gasteiger partial charge < -0.3 is 5.73 Å². The molecule has 0 amide bonds. The lowest BCUT2D eigenvalue weighted by Crippen LogP contribution is -2.37. The van der Waals surface area contributed by atoms with Gasteiger partial charge in [0.15, 0.2) is 0 Å². The molecule has 0 heterocycles. The minimum atomic E-state index is -0.583. The maximum atomic E-state index is 11.7. The van der Waals surface area contributed by atoms with Gasteiger partial charge in [0.25, 0.3) is 0 Å². The molecule has 1 aliphatic rings. The summed E-state index contributed by atoms with van der Waals surface area (Å²) in [5.41, 5.74) is 5.23. The summed E-state index contributed by atoms with van der Waals surface area (Å²) in [5.74, 6) is 0. The summed E-state index contributed by atoms with van der Waals surface area (Å²) in [6.45, 7) is 0. The van der Waals surface area contributed by atoms with E-state index in [-0.39, 0.29) is 18.4 Å². The second-order valence-corrected chi connectivity index (χ2v) is 1.83. The predicted octanol–water partition coefficient (Wildman–Crippen LogP) is 0.867. The molecule has 0 atom stereocenters. The molecule has 1 rings (SSSR count). The molecule has 1 saturated carbocycles. The summed E-state index contributed by atoms with van der Waals surface area (Å²) in [6, 6.07) is 0.167. The van der Waals surface area contributed by atoms with Crippen LogP contribution in [0.2, 0.25) is 0 Å². The van der Waals surface area contributed by atoms with Gasteiger partial charge in [-0.05, 0) is 12.8 Å². The van der Waals surface area contributed by atoms with Gasteiger partial charge in [-0.3, -0.25) is 0 Å². The second-order valence-electron chi connectivity index (χ2n) is 1.83. The molecule has 0 bridgehead atoms. The minimum Gasteiger partial charge on any atom is -0.327 e. The van der Waals surface area contributed by atoms with Crippen LogP contribution in [0.1, 0.15) is 12.8 Å². The average molecular weight is 126 g/mol. The van der Waals surface area contributed by atoms with E-state index in [4.69, 9.17) is 5.73 Å². The van der Waals surface area contributed by atoms with E-state index in [0.29, 0.717) is 12.8 Å². The zero-order valence-electron chi connectivity index (χ0n) is 3.93. The van der Waals surface area contributed by atoms with Crippen LogP contribution in [0.25, 0.3) is 0 Å². The highest BCUT2D eigenvalue weighted by Gasteiger charge is 2.24. The van der Waals surface area contributed by atoms with E-state index in [1.165, 1.54) is 0 Å². The van der Waals surface area contributed by atoms with Crippen LogP contribution in [-0.2, 0) is 0 Å². The van der Waals surface area contributed by atoms with Crippen molar-refractivity contribution in [1.29, 1.82) is 0 Å². The van der Waals surface area contributed by atoms with Crippen molar-refractivity contribution in [3.8, 4) is 0 Å². The third-order valence-electron chi connectivity index (χ3n) is 1.12. The molecule has 0 spiro atoms. The first-order valence-corrected chi connectivity index (χ1v) is 2.18. The Morgan fingerprint density at radius 2 is 1.86 bits per heavy atom. The fourth-order valence-electron chi connectivity index (χ4n) is 0.588. The molecule has 7 heavy (non-hydrogen) atoms. The van der Waals surface area contributed by atoms with E-state index in [9.17, 15) is 4.39 Å². The summed E-state index contributed by atoms with van der Waals surface area (Å²) in [7, 11) is 0. The molecule has 1 fully saturated rings. The van der Waals surface area contributed by atoms with Crippen LogP contribution in [0.3, 0.4) is 0 Å². The lowest BCUT2D eigenvalue weighted by Gasteiger charge is -2.24. The summed E-state index contributed by atoms with van der Waals surface area (Å²) < 4.78 is 11.7. The number of halogens is 2. The Hall–Kier alpha value is 0.180. The Morgan fingerprint density at radius 3 is 1.86 bits per heavy atom. The smallest absolute Gasteiger partial charge is 0.103 e. The molecule has 1 nitrogen and oxygen atoms in total. The summed E-state index contributed by atoms with van der Waals surface area (Å²) in [5, 5.41) is 0. The predicted molar refractivity (Wildman–Crippen MR) is 29.4 cm³/mol. The van der Waals surface area contributed by atoms with Crippen molar-refractivity contribution in [3.63, 3.8) is 0 Å². The fraction of sp³-hybridized carbons (Fsp3) is 1.00. The van der Waals surface area contributed by atoms with E-state index in [1.807, 2.05) is 0 Å². The van der Waals surface area contributed by atoms with Gasteiger partial charge in [0.2, 0.25) is 0 Å². The highest BCUT2D eigenvalue weighted by Crippen LogP contribution is 2.20. The van der Waals surface area contributed by atoms with Crippen LogP contribution in [0.5, 0.6) is 0 Å². The molecular formula is C4H9ClFN. The Kier molecular flexibility index (Phi) is 2.54. The number of hydrogen-bond donors (Lipinski definition) is 1. The SMILES string of the molecule is Cl.N[C@H]1C[C@@H](F)C1. The fourth-order valence-corrected chi connectivity index (χ4v) is 0.588. The zero-order valence-corrected chi connectivity index (χ0v) is 4.75. The number of rotatable bonds is 0. The normalized spacial score (nSPS) is 38.6. The number of nitrogens with two attached hydrogens (primary N) is 1. The molecular weight excluding hydrogens is 117 g/mol. The first kappa shape index (κ1) is 7.18. The third-order valence-corrected chi connectivity index (χ3v) is 1.12. The molecule has 1 aliphatic carbocycles. The second kappa shape index (κ2) is 2.48. The quantitative estimate of drug-likeness (QED) is 0.511. The Morgan fingerprint density at radius 1 is 1.43 bits per heavy atom. The zero-order chi connectivity index (χ0) is 4.57. The van der Waals surface area contributed by atoms with Crippen molar-refractivity contribution in [3.05, 3.63) is 0 Å². The molecule has 0 aromatic rings. The first-order chi connectivity index (χ1) is 2.79. The van der Waals surface area contributed by atoms with E-state index in [2.05, 4.69) is 0 Å². The lowest BCUT2D eigenvalue weighted by molar-refractivity contribution is 0.181. The van der Waals surface area contributed by atoms with Crippen LogP contribution in [0.15, 0.2) is 0 Å². The Bertz CT molecular complexity index is 47.7. The van der Waals surface area contributed by atoms with Crippen LogP contribution in [0, 0.1) is 0 Å². The largest absolute Gasteiger partial charge is 0.327 e. The highest BCUT2D eigenvalue weighted by atomic mass is 35.5. The molecule has 0 aromatic carbocycles. The van der Waals surface area contributed by atoms with Crippen LogP contribution in [-0.4, -0.2) is 12.2 Å². The van der Waals surface area contributed by atoms with Gasteiger partial charge in [-0.25, -0.2) is 4.39 Å². The van der Waals surface area contributed by atoms with Gasteiger partial charge in [-0.2, -0.15) is 0 Å². The molecule has 0 radical (unpaired) electrons. The highest BCUT2D eigenvalue weighted by molar-refractivity contribution is 5.85. The van der Waals surface area contributed by atoms with Gasteiger partial charge >= 0.3 is 0 Å². The van der Waals surface area contributed by atoms with Crippen molar-refractivity contribution in [1.82, 2.24) is 0 Å². The van der Waals surface area contributed by atoms with Gasteiger partial charge in [0.1, 0.15) is 6.17 Å². The molecule has 0 aliphatic heterocycles. The summed E-state index contributed by atoms with van der Waals surface area (Å²) in [6.07, 6.45) is 0.583. The third kappa shape index (κ3) is 1.61.